The van der Waals surface area contributed by atoms with Crippen molar-refractivity contribution >= 4 is 11.9 Å². The maximum absolute atomic E-state index is 12.9. The normalized spacial score (nSPS) is 10.3. The number of aromatic nitrogens is 1. The van der Waals surface area contributed by atoms with Gasteiger partial charge in [-0.15, -0.1) is 0 Å². The number of nitrogens with one attached hydrogen (secondary N) is 1. The van der Waals surface area contributed by atoms with E-state index in [2.05, 4.69) is 5.32 Å². The van der Waals surface area contributed by atoms with E-state index in [4.69, 9.17) is 5.11 Å². The third kappa shape index (κ3) is 3.20. The van der Waals surface area contributed by atoms with Gasteiger partial charge in [-0.2, -0.15) is 0 Å². The first-order valence-corrected chi connectivity index (χ1v) is 6.36. The van der Waals surface area contributed by atoms with Crippen LogP contribution in [-0.4, -0.2) is 28.6 Å². The molecule has 22 heavy (non-hydrogen) atoms. The van der Waals surface area contributed by atoms with E-state index in [1.54, 1.807) is 0 Å². The van der Waals surface area contributed by atoms with Gasteiger partial charge in [0, 0.05) is 13.2 Å². The van der Waals surface area contributed by atoms with Crippen LogP contribution in [0.4, 0.5) is 4.39 Å². The summed E-state index contributed by atoms with van der Waals surface area (Å²) in [5.74, 6) is -2.33. The molecule has 1 aromatic heterocycles. The minimum atomic E-state index is -1.25. The van der Waals surface area contributed by atoms with Crippen molar-refractivity contribution in [3.05, 3.63) is 69.4 Å². The summed E-state index contributed by atoms with van der Waals surface area (Å²) in [6, 6.07) is 6.47. The van der Waals surface area contributed by atoms with E-state index in [1.807, 2.05) is 0 Å². The fourth-order valence-corrected chi connectivity index (χ4v) is 1.95. The topological polar surface area (TPSA) is 88.4 Å². The van der Waals surface area contributed by atoms with Crippen LogP contribution in [0, 0.1) is 5.82 Å². The first-order valence-electron chi connectivity index (χ1n) is 6.36. The second kappa shape index (κ2) is 6.21. The number of carbonyl (C=O) groups excluding carboxylic acids is 1. The van der Waals surface area contributed by atoms with Gasteiger partial charge in [0.05, 0.1) is 12.1 Å². The number of amides is 1. The summed E-state index contributed by atoms with van der Waals surface area (Å²) in [5, 5.41) is 11.4. The van der Waals surface area contributed by atoms with Gasteiger partial charge in [0.1, 0.15) is 11.4 Å². The van der Waals surface area contributed by atoms with Gasteiger partial charge in [-0.25, -0.2) is 9.18 Å². The second-order valence-electron chi connectivity index (χ2n) is 4.59. The summed E-state index contributed by atoms with van der Waals surface area (Å²) in [7, 11) is 1.35. The van der Waals surface area contributed by atoms with Crippen molar-refractivity contribution in [2.24, 2.45) is 0 Å². The minimum Gasteiger partial charge on any atom is -0.478 e. The Balaban J connectivity index is 2.51. The van der Waals surface area contributed by atoms with Crippen LogP contribution in [0.3, 0.4) is 0 Å². The summed E-state index contributed by atoms with van der Waals surface area (Å²) in [5.41, 5.74) is -0.451. The Kier molecular flexibility index (Phi) is 4.36. The van der Waals surface area contributed by atoms with Gasteiger partial charge >= 0.3 is 5.97 Å². The van der Waals surface area contributed by atoms with E-state index in [1.165, 1.54) is 31.3 Å². The Morgan fingerprint density at radius 3 is 2.45 bits per heavy atom. The maximum Gasteiger partial charge on any atom is 0.337 e. The zero-order chi connectivity index (χ0) is 16.3. The van der Waals surface area contributed by atoms with Gasteiger partial charge in [0.15, 0.2) is 0 Å². The number of carboxylic acid groups (broad SMARTS) is 1. The molecule has 2 N–H and O–H groups in total. The largest absolute Gasteiger partial charge is 0.478 e. The lowest BCUT2D eigenvalue weighted by atomic mass is 10.1. The van der Waals surface area contributed by atoms with Crippen molar-refractivity contribution in [3.63, 3.8) is 0 Å². The minimum absolute atomic E-state index is 0.0320. The third-order valence-corrected chi connectivity index (χ3v) is 3.07. The molecule has 1 amide bonds. The van der Waals surface area contributed by atoms with E-state index >= 15 is 0 Å². The number of pyridine rings is 1. The SMILES string of the molecule is CNC(=O)c1cc(C(=O)O)cn(Cc2ccc(F)cc2)c1=O. The molecule has 0 aliphatic carbocycles. The molecule has 6 nitrogen and oxygen atoms in total. The molecular formula is C15H13FN2O4. The van der Waals surface area contributed by atoms with Crippen LogP contribution in [0.5, 0.6) is 0 Å². The molecule has 0 aliphatic heterocycles. The van der Waals surface area contributed by atoms with Gasteiger partial charge in [-0.3, -0.25) is 9.59 Å². The molecule has 2 rings (SSSR count). The van der Waals surface area contributed by atoms with Crippen molar-refractivity contribution in [1.82, 2.24) is 9.88 Å². The average Bonchev–Trinajstić information content (AvgIpc) is 2.50. The summed E-state index contributed by atoms with van der Waals surface area (Å²) >= 11 is 0. The van der Waals surface area contributed by atoms with Crippen LogP contribution in [-0.2, 0) is 6.54 Å². The number of nitrogens with zero attached hydrogens (tertiary/aromatic N) is 1. The molecule has 0 bridgehead atoms. The number of benzene rings is 1. The number of rotatable bonds is 4. The molecule has 0 radical (unpaired) electrons. The quantitative estimate of drug-likeness (QED) is 0.885. The van der Waals surface area contributed by atoms with E-state index in [-0.39, 0.29) is 17.7 Å². The van der Waals surface area contributed by atoms with Gasteiger partial charge in [-0.05, 0) is 23.8 Å². The van der Waals surface area contributed by atoms with Crippen molar-refractivity contribution in [1.29, 1.82) is 0 Å². The van der Waals surface area contributed by atoms with Crippen molar-refractivity contribution in [2.45, 2.75) is 6.54 Å². The fraction of sp³-hybridized carbons (Fsp3) is 0.133. The summed E-state index contributed by atoms with van der Waals surface area (Å²) < 4.78 is 14.0. The van der Waals surface area contributed by atoms with Gasteiger partial charge in [0.2, 0.25) is 0 Å². The Hall–Kier alpha value is -2.96. The summed E-state index contributed by atoms with van der Waals surface area (Å²) in [4.78, 5) is 35.1. The first kappa shape index (κ1) is 15.4. The molecular weight excluding hydrogens is 291 g/mol. The maximum atomic E-state index is 12.9. The lowest BCUT2D eigenvalue weighted by Crippen LogP contribution is -2.32. The van der Waals surface area contributed by atoms with Crippen LogP contribution in [0.15, 0.2) is 41.3 Å². The molecule has 0 spiro atoms. The van der Waals surface area contributed by atoms with Crippen LogP contribution in [0.2, 0.25) is 0 Å². The highest BCUT2D eigenvalue weighted by Crippen LogP contribution is 2.07. The van der Waals surface area contributed by atoms with Crippen molar-refractivity contribution in [3.8, 4) is 0 Å². The van der Waals surface area contributed by atoms with Gasteiger partial charge in [-0.1, -0.05) is 12.1 Å². The Labute approximate surface area is 124 Å². The van der Waals surface area contributed by atoms with E-state index in [0.717, 1.165) is 16.8 Å². The zero-order valence-corrected chi connectivity index (χ0v) is 11.7. The molecule has 1 aromatic carbocycles. The zero-order valence-electron chi connectivity index (χ0n) is 11.7. The Bertz CT molecular complexity index is 781. The van der Waals surface area contributed by atoms with Gasteiger partial charge < -0.3 is 15.0 Å². The molecule has 0 aliphatic rings. The van der Waals surface area contributed by atoms with E-state index in [9.17, 15) is 18.8 Å². The highest BCUT2D eigenvalue weighted by Gasteiger charge is 2.16. The second-order valence-corrected chi connectivity index (χ2v) is 4.59. The molecule has 0 unspecified atom stereocenters. The number of hydrogen-bond acceptors (Lipinski definition) is 3. The molecule has 7 heteroatoms. The molecule has 0 atom stereocenters. The van der Waals surface area contributed by atoms with Crippen LogP contribution >= 0.6 is 0 Å². The lowest BCUT2D eigenvalue weighted by molar-refractivity contribution is 0.0696. The number of carbonyl (C=O) groups is 2. The van der Waals surface area contributed by atoms with Crippen molar-refractivity contribution < 1.29 is 19.1 Å². The Morgan fingerprint density at radius 2 is 1.91 bits per heavy atom. The molecule has 0 fully saturated rings. The standard InChI is InChI=1S/C15H13FN2O4/c1-17-13(19)12-6-10(15(21)22)8-18(14(12)20)7-9-2-4-11(16)5-3-9/h2-6,8H,7H2,1H3,(H,17,19)(H,21,22). The first-order chi connectivity index (χ1) is 10.4. The fourth-order valence-electron chi connectivity index (χ4n) is 1.95. The smallest absolute Gasteiger partial charge is 0.337 e. The summed E-state index contributed by atoms with van der Waals surface area (Å²) in [6.45, 7) is 0.0320. The third-order valence-electron chi connectivity index (χ3n) is 3.07. The van der Waals surface area contributed by atoms with Gasteiger partial charge in [0.25, 0.3) is 11.5 Å². The Morgan fingerprint density at radius 1 is 1.27 bits per heavy atom. The average molecular weight is 304 g/mol. The predicted octanol–water partition coefficient (Wildman–Crippen LogP) is 1.09. The number of carboxylic acids is 1. The predicted molar refractivity (Wildman–Crippen MR) is 76.6 cm³/mol. The molecule has 0 saturated heterocycles. The number of aromatic carboxylic acids is 1. The number of halogens is 1. The molecule has 0 saturated carbocycles. The highest BCUT2D eigenvalue weighted by molar-refractivity contribution is 5.96. The number of hydrogen-bond donors (Lipinski definition) is 2. The molecule has 1 heterocycles. The van der Waals surface area contributed by atoms with Crippen LogP contribution in [0.25, 0.3) is 0 Å². The van der Waals surface area contributed by atoms with Crippen LogP contribution in [0.1, 0.15) is 26.3 Å². The summed E-state index contributed by atoms with van der Waals surface area (Å²) in [6.07, 6.45) is 1.15. The molecule has 2 aromatic rings. The highest BCUT2D eigenvalue weighted by atomic mass is 19.1. The van der Waals surface area contributed by atoms with Crippen LogP contribution < -0.4 is 10.9 Å². The monoisotopic (exact) mass is 304 g/mol. The van der Waals surface area contributed by atoms with Crippen molar-refractivity contribution in [2.75, 3.05) is 7.05 Å². The van der Waals surface area contributed by atoms with E-state index < -0.39 is 23.3 Å². The molecule has 114 valence electrons. The lowest BCUT2D eigenvalue weighted by Gasteiger charge is -2.10. The van der Waals surface area contributed by atoms with E-state index in [0.29, 0.717) is 5.56 Å².